The Balaban J connectivity index is 1.00. The average Bonchev–Trinajstić information content (AvgIpc) is 3.66. The second kappa shape index (κ2) is 18.4. The number of hydrogen-bond acceptors (Lipinski definition) is 10. The van der Waals surface area contributed by atoms with Crippen LogP contribution < -0.4 is 15.1 Å². The molecule has 2 N–H and O–H groups in total. The Labute approximate surface area is 416 Å². The van der Waals surface area contributed by atoms with Crippen LogP contribution in [0.3, 0.4) is 0 Å². The van der Waals surface area contributed by atoms with Gasteiger partial charge in [0.05, 0.1) is 47.9 Å². The molecule has 5 atom stereocenters. The summed E-state index contributed by atoms with van der Waals surface area (Å²) in [6.45, 7) is 17.3. The largest absolute Gasteiger partial charge is 0.508 e. The van der Waals surface area contributed by atoms with Crippen LogP contribution in [-0.2, 0) is 48.1 Å². The molecule has 15 heteroatoms. The monoisotopic (exact) mass is 968 g/mol. The van der Waals surface area contributed by atoms with Gasteiger partial charge in [-0.25, -0.2) is 5.43 Å². The van der Waals surface area contributed by atoms with E-state index < -0.39 is 34.8 Å². The van der Waals surface area contributed by atoms with Crippen LogP contribution in [0.2, 0.25) is 0 Å². The Kier molecular flexibility index (Phi) is 12.5. The molecule has 0 radical (unpaired) electrons. The van der Waals surface area contributed by atoms with Gasteiger partial charge >= 0.3 is 5.97 Å². The normalized spacial score (nSPS) is 25.4. The van der Waals surface area contributed by atoms with Crippen molar-refractivity contribution in [2.75, 3.05) is 58.4 Å². The van der Waals surface area contributed by atoms with Gasteiger partial charge in [-0.1, -0.05) is 52.5 Å². The first-order valence-electron chi connectivity index (χ1n) is 25.6. The first-order chi connectivity index (χ1) is 33.9. The highest BCUT2D eigenvalue weighted by atomic mass is 16.5. The number of nitrogens with one attached hydrogen (secondary N) is 1. The molecule has 376 valence electrons. The summed E-state index contributed by atoms with van der Waals surface area (Å²) in [5.41, 5.74) is 9.74. The highest BCUT2D eigenvalue weighted by Crippen LogP contribution is 2.56. The van der Waals surface area contributed by atoms with Gasteiger partial charge in [0, 0.05) is 62.2 Å². The fourth-order valence-corrected chi connectivity index (χ4v) is 12.7. The number of hydrazine groups is 1. The van der Waals surface area contributed by atoms with Crippen molar-refractivity contribution in [2.24, 2.45) is 22.7 Å². The molecular formula is C56H69N7O8. The maximum atomic E-state index is 15.3. The summed E-state index contributed by atoms with van der Waals surface area (Å²) in [4.78, 5) is 77.5. The maximum Gasteiger partial charge on any atom is 0.324 e. The zero-order valence-corrected chi connectivity index (χ0v) is 42.3. The lowest BCUT2D eigenvalue weighted by atomic mass is 9.77. The van der Waals surface area contributed by atoms with Gasteiger partial charge in [0.1, 0.15) is 30.2 Å². The van der Waals surface area contributed by atoms with E-state index in [1.165, 1.54) is 6.08 Å². The van der Waals surface area contributed by atoms with Gasteiger partial charge in [-0.15, -0.1) is 0 Å². The number of likely N-dealkylation sites (tertiary alicyclic amines) is 2. The number of likely N-dealkylation sites (N-methyl/N-ethyl adjacent to an activating group) is 2. The van der Waals surface area contributed by atoms with Gasteiger partial charge in [0.15, 0.2) is 0 Å². The van der Waals surface area contributed by atoms with E-state index in [1.807, 2.05) is 18.7 Å². The summed E-state index contributed by atoms with van der Waals surface area (Å²) < 4.78 is 14.8. The van der Waals surface area contributed by atoms with Gasteiger partial charge in [-0.2, -0.15) is 0 Å². The van der Waals surface area contributed by atoms with Gasteiger partial charge in [-0.3, -0.25) is 29.0 Å². The third kappa shape index (κ3) is 8.71. The molecule has 6 aliphatic rings. The van der Waals surface area contributed by atoms with Crippen LogP contribution in [0.4, 0.5) is 5.69 Å². The van der Waals surface area contributed by atoms with Crippen molar-refractivity contribution in [2.45, 2.75) is 110 Å². The number of aromatic hydroxyl groups is 1. The molecule has 1 aliphatic carbocycles. The first kappa shape index (κ1) is 48.3. The zero-order valence-electron chi connectivity index (χ0n) is 42.3. The quantitative estimate of drug-likeness (QED) is 0.118. The lowest BCUT2D eigenvalue weighted by Gasteiger charge is -2.40. The highest BCUT2D eigenvalue weighted by molar-refractivity contribution is 5.96. The van der Waals surface area contributed by atoms with Crippen LogP contribution >= 0.6 is 0 Å². The number of benzene rings is 3. The maximum absolute atomic E-state index is 15.3. The number of phenols is 1. The van der Waals surface area contributed by atoms with Crippen LogP contribution in [0.15, 0.2) is 67.3 Å². The standard InChI is InChI=1S/C56H69N7O8/c1-9-48(65)60-19-17-37(31-60)51(66)59(8)49(33(3)4)52(67)63-45-29-56(30-46(45)63)27-34-22-38(24-39(64)23-34)35-13-15-43-40(25-35)41(28-55(5,6)32-71-53(68)42-12-11-18-62(57-42)54(56)69)50(61(43)10-2)36-14-16-44-47(26-36)70-21-20-58(44)7/h9,13-16,22-26,33,37,42,45-46,49,57,64H,1,10-12,17-21,27-32H2,2-8H3/t37-,42-,45?,46?,49-,56?,63?/m0/s1. The third-order valence-corrected chi connectivity index (χ3v) is 16.3. The smallest absolute Gasteiger partial charge is 0.324 e. The molecule has 4 fully saturated rings. The minimum Gasteiger partial charge on any atom is -0.508 e. The van der Waals surface area contributed by atoms with Crippen molar-refractivity contribution in [1.82, 2.24) is 29.7 Å². The van der Waals surface area contributed by atoms with Crippen LogP contribution in [0.1, 0.15) is 77.8 Å². The number of aromatic nitrogens is 1. The van der Waals surface area contributed by atoms with Crippen LogP contribution in [-0.4, -0.2) is 137 Å². The van der Waals surface area contributed by atoms with E-state index in [4.69, 9.17) is 9.47 Å². The Bertz CT molecular complexity index is 2820. The number of hydrogen-bond donors (Lipinski definition) is 2. The van der Waals surface area contributed by atoms with E-state index in [0.717, 1.165) is 62.4 Å². The second-order valence-electron chi connectivity index (χ2n) is 22.2. The zero-order chi connectivity index (χ0) is 50.3. The van der Waals surface area contributed by atoms with E-state index in [0.29, 0.717) is 71.2 Å². The van der Waals surface area contributed by atoms with Crippen molar-refractivity contribution < 1.29 is 38.6 Å². The molecule has 5 aliphatic heterocycles. The van der Waals surface area contributed by atoms with Crippen LogP contribution in [0.5, 0.6) is 11.5 Å². The minimum absolute atomic E-state index is 0.0902. The number of piperidine rings is 1. The fourth-order valence-electron chi connectivity index (χ4n) is 12.7. The second-order valence-corrected chi connectivity index (χ2v) is 22.2. The Morgan fingerprint density at radius 1 is 0.944 bits per heavy atom. The number of fused-ring (bicyclic) bond motifs is 8. The molecule has 1 aromatic heterocycles. The molecule has 6 bridgehead atoms. The average molecular weight is 968 g/mol. The number of rotatable bonds is 7. The number of anilines is 1. The van der Waals surface area contributed by atoms with E-state index in [9.17, 15) is 24.3 Å². The Morgan fingerprint density at radius 2 is 1.70 bits per heavy atom. The van der Waals surface area contributed by atoms with Gasteiger partial charge < -0.3 is 38.7 Å². The summed E-state index contributed by atoms with van der Waals surface area (Å²) in [7, 11) is 3.76. The Morgan fingerprint density at radius 3 is 2.44 bits per heavy atom. The number of nitrogens with zero attached hydrogens (tertiary/aromatic N) is 6. The summed E-state index contributed by atoms with van der Waals surface area (Å²) in [6, 6.07) is 16.6. The lowest BCUT2D eigenvalue weighted by Crippen LogP contribution is -2.59. The van der Waals surface area contributed by atoms with Crippen molar-refractivity contribution in [3.8, 4) is 33.9 Å². The first-order valence-corrected chi connectivity index (χ1v) is 25.6. The predicted octanol–water partition coefficient (Wildman–Crippen LogP) is 6.57. The molecular weight excluding hydrogens is 899 g/mol. The molecule has 71 heavy (non-hydrogen) atoms. The van der Waals surface area contributed by atoms with Gasteiger partial charge in [0.2, 0.25) is 23.6 Å². The molecule has 6 heterocycles. The number of carbonyl (C=O) groups is 5. The van der Waals surface area contributed by atoms with E-state index >= 15 is 4.79 Å². The van der Waals surface area contributed by atoms with Gasteiger partial charge in [-0.05, 0) is 123 Å². The number of phenolic OH excluding ortho intramolecular Hbond substituents is 1. The number of cyclic esters (lactones) is 1. The number of amides is 4. The van der Waals surface area contributed by atoms with E-state index in [-0.39, 0.29) is 60.5 Å². The SMILES string of the molecule is C=CC(=O)N1CC[C@H](C(=O)N(C)[C@H](C(=O)N2C3CC4(Cc5cc(O)cc(c5)-c5ccc6c(c5)c(c(-c5ccc7c(c5)OCCN7C)n6CC)CC(C)(C)COC(=O)[C@@H]5CCCN(N5)C4=O)CC32)C(C)C)C1. The molecule has 4 aromatic rings. The Hall–Kier alpha value is -6.35. The van der Waals surface area contributed by atoms with E-state index in [1.54, 1.807) is 34.0 Å². The lowest BCUT2D eigenvalue weighted by molar-refractivity contribution is -0.158. The van der Waals surface area contributed by atoms with Crippen molar-refractivity contribution in [1.29, 1.82) is 0 Å². The predicted molar refractivity (Wildman–Crippen MR) is 271 cm³/mol. The van der Waals surface area contributed by atoms with Crippen LogP contribution in [0.25, 0.3) is 33.3 Å². The molecule has 1 spiro atoms. The number of ether oxygens (including phenoxy) is 2. The third-order valence-electron chi connectivity index (χ3n) is 16.3. The summed E-state index contributed by atoms with van der Waals surface area (Å²) >= 11 is 0. The minimum atomic E-state index is -0.971. The number of carbonyl (C=O) groups excluding carboxylic acids is 5. The van der Waals surface area contributed by atoms with Crippen LogP contribution in [0, 0.1) is 22.7 Å². The summed E-state index contributed by atoms with van der Waals surface area (Å²) in [5, 5.41) is 14.2. The van der Waals surface area contributed by atoms with Crippen molar-refractivity contribution >= 4 is 46.2 Å². The fraction of sp³-hybridized carbons (Fsp3) is 0.518. The summed E-state index contributed by atoms with van der Waals surface area (Å²) in [5.74, 6) is -0.731. The summed E-state index contributed by atoms with van der Waals surface area (Å²) in [6.07, 6.45) is 4.55. The molecule has 2 unspecified atom stereocenters. The number of esters is 1. The number of aryl methyl sites for hydroxylation is 1. The molecule has 4 amide bonds. The molecule has 3 saturated heterocycles. The molecule has 3 aromatic carbocycles. The molecule has 10 rings (SSSR count). The van der Waals surface area contributed by atoms with Crippen molar-refractivity contribution in [3.63, 3.8) is 0 Å². The van der Waals surface area contributed by atoms with E-state index in [2.05, 4.69) is 91.8 Å². The van der Waals surface area contributed by atoms with Crippen molar-refractivity contribution in [3.05, 3.63) is 78.4 Å². The topological polar surface area (TPSA) is 157 Å². The molecule has 15 nitrogen and oxygen atoms in total. The van der Waals surface area contributed by atoms with Gasteiger partial charge in [0.25, 0.3) is 0 Å². The highest BCUT2D eigenvalue weighted by Gasteiger charge is 2.66. The molecule has 1 saturated carbocycles.